The van der Waals surface area contributed by atoms with Gasteiger partial charge < -0.3 is 15.4 Å². The maximum Gasteiger partial charge on any atom is 0.268 e. The summed E-state index contributed by atoms with van der Waals surface area (Å²) in [5, 5.41) is 6.42. The molecule has 1 aromatic carbocycles. The number of amides is 1. The van der Waals surface area contributed by atoms with Crippen molar-refractivity contribution in [2.24, 2.45) is 0 Å². The Morgan fingerprint density at radius 2 is 2.16 bits per heavy atom. The Morgan fingerprint density at radius 3 is 2.89 bits per heavy atom. The van der Waals surface area contributed by atoms with Crippen LogP contribution in [0.1, 0.15) is 44.7 Å². The SMILES string of the molecule is CC1(C)Oc2cc(C3CCCCN3)ccc2NC1=O. The number of piperidine rings is 1. The summed E-state index contributed by atoms with van der Waals surface area (Å²) in [4.78, 5) is 11.8. The van der Waals surface area contributed by atoms with Gasteiger partial charge in [-0.25, -0.2) is 0 Å². The zero-order chi connectivity index (χ0) is 13.5. The van der Waals surface area contributed by atoms with E-state index in [1.165, 1.54) is 18.4 Å². The minimum absolute atomic E-state index is 0.0939. The van der Waals surface area contributed by atoms with Gasteiger partial charge in [0.2, 0.25) is 0 Å². The minimum atomic E-state index is -0.800. The first kappa shape index (κ1) is 12.5. The topological polar surface area (TPSA) is 50.4 Å². The van der Waals surface area contributed by atoms with Crippen LogP contribution in [0, 0.1) is 0 Å². The van der Waals surface area contributed by atoms with Gasteiger partial charge in [0.25, 0.3) is 5.91 Å². The van der Waals surface area contributed by atoms with Gasteiger partial charge in [-0.1, -0.05) is 12.5 Å². The number of hydrogen-bond donors (Lipinski definition) is 2. The smallest absolute Gasteiger partial charge is 0.268 e. The Morgan fingerprint density at radius 1 is 1.32 bits per heavy atom. The molecule has 0 spiro atoms. The van der Waals surface area contributed by atoms with E-state index in [0.29, 0.717) is 6.04 Å². The van der Waals surface area contributed by atoms with Crippen molar-refractivity contribution in [3.63, 3.8) is 0 Å². The van der Waals surface area contributed by atoms with Crippen molar-refractivity contribution in [3.8, 4) is 5.75 Å². The number of carbonyl (C=O) groups excluding carboxylic acids is 1. The van der Waals surface area contributed by atoms with Gasteiger partial charge in [-0.2, -0.15) is 0 Å². The summed E-state index contributed by atoms with van der Waals surface area (Å²) < 4.78 is 5.82. The first-order valence-corrected chi connectivity index (χ1v) is 6.94. The summed E-state index contributed by atoms with van der Waals surface area (Å²) in [5.41, 5.74) is 1.21. The fraction of sp³-hybridized carbons (Fsp3) is 0.533. The molecule has 2 aliphatic rings. The average molecular weight is 260 g/mol. The van der Waals surface area contributed by atoms with Gasteiger partial charge in [0.05, 0.1) is 5.69 Å². The Labute approximate surface area is 113 Å². The maximum atomic E-state index is 11.8. The Kier molecular flexibility index (Phi) is 2.97. The molecule has 0 radical (unpaired) electrons. The van der Waals surface area contributed by atoms with Crippen molar-refractivity contribution in [2.75, 3.05) is 11.9 Å². The lowest BCUT2D eigenvalue weighted by molar-refractivity contribution is -0.129. The van der Waals surface area contributed by atoms with Crippen molar-refractivity contribution >= 4 is 11.6 Å². The quantitative estimate of drug-likeness (QED) is 0.816. The lowest BCUT2D eigenvalue weighted by atomic mass is 9.96. The summed E-state index contributed by atoms with van der Waals surface area (Å²) in [6.07, 6.45) is 3.67. The van der Waals surface area contributed by atoms with E-state index in [-0.39, 0.29) is 5.91 Å². The second-order valence-electron chi connectivity index (χ2n) is 5.82. The van der Waals surface area contributed by atoms with E-state index in [2.05, 4.69) is 22.8 Å². The average Bonchev–Trinajstić information content (AvgIpc) is 2.40. The Balaban J connectivity index is 1.89. The van der Waals surface area contributed by atoms with Crippen LogP contribution in [0.3, 0.4) is 0 Å². The molecule has 1 amide bonds. The first-order valence-electron chi connectivity index (χ1n) is 6.94. The molecule has 0 bridgehead atoms. The van der Waals surface area contributed by atoms with Crippen LogP contribution < -0.4 is 15.4 Å². The number of anilines is 1. The highest BCUT2D eigenvalue weighted by Crippen LogP contribution is 2.36. The van der Waals surface area contributed by atoms with Gasteiger partial charge in [-0.3, -0.25) is 4.79 Å². The Hall–Kier alpha value is -1.55. The molecular formula is C15H20N2O2. The molecule has 0 aromatic heterocycles. The van der Waals surface area contributed by atoms with E-state index in [0.717, 1.165) is 24.4 Å². The summed E-state index contributed by atoms with van der Waals surface area (Å²) in [6, 6.07) is 6.47. The van der Waals surface area contributed by atoms with E-state index in [9.17, 15) is 4.79 Å². The van der Waals surface area contributed by atoms with Crippen LogP contribution in [0.5, 0.6) is 5.75 Å². The van der Waals surface area contributed by atoms with Crippen LogP contribution in [0.15, 0.2) is 18.2 Å². The molecule has 2 heterocycles. The highest BCUT2D eigenvalue weighted by atomic mass is 16.5. The molecule has 102 valence electrons. The van der Waals surface area contributed by atoms with Crippen LogP contribution in [-0.4, -0.2) is 18.1 Å². The maximum absolute atomic E-state index is 11.8. The van der Waals surface area contributed by atoms with E-state index in [1.54, 1.807) is 13.8 Å². The highest BCUT2D eigenvalue weighted by molar-refractivity contribution is 6.00. The second kappa shape index (κ2) is 4.53. The molecule has 1 saturated heterocycles. The van der Waals surface area contributed by atoms with Crippen molar-refractivity contribution in [1.29, 1.82) is 0 Å². The van der Waals surface area contributed by atoms with Crippen LogP contribution in [0.4, 0.5) is 5.69 Å². The van der Waals surface area contributed by atoms with Gasteiger partial charge >= 0.3 is 0 Å². The standard InChI is InChI=1S/C15H20N2O2/c1-15(2)14(18)17-12-7-6-10(9-13(12)19-15)11-5-3-4-8-16-11/h6-7,9,11,16H,3-5,8H2,1-2H3,(H,17,18). The number of ether oxygens (including phenoxy) is 1. The van der Waals surface area contributed by atoms with Crippen LogP contribution in [0.25, 0.3) is 0 Å². The Bertz CT molecular complexity index is 505. The summed E-state index contributed by atoms with van der Waals surface area (Å²) >= 11 is 0. The number of hydrogen-bond acceptors (Lipinski definition) is 3. The lowest BCUT2D eigenvalue weighted by Crippen LogP contribution is -2.45. The van der Waals surface area contributed by atoms with Gasteiger partial charge in [0.1, 0.15) is 5.75 Å². The number of benzene rings is 1. The van der Waals surface area contributed by atoms with E-state index >= 15 is 0 Å². The molecule has 1 aromatic rings. The molecule has 0 saturated carbocycles. The van der Waals surface area contributed by atoms with Gasteiger partial charge in [0.15, 0.2) is 5.60 Å². The third-order valence-electron chi connectivity index (χ3n) is 3.88. The van der Waals surface area contributed by atoms with Gasteiger partial charge in [0, 0.05) is 6.04 Å². The predicted octanol–water partition coefficient (Wildman–Crippen LogP) is 2.61. The summed E-state index contributed by atoms with van der Waals surface area (Å²) in [5.74, 6) is 0.679. The zero-order valence-corrected chi connectivity index (χ0v) is 11.5. The molecule has 2 N–H and O–H groups in total. The number of carbonyl (C=O) groups is 1. The van der Waals surface area contributed by atoms with Crippen LogP contribution in [0.2, 0.25) is 0 Å². The van der Waals surface area contributed by atoms with Crippen molar-refractivity contribution in [1.82, 2.24) is 5.32 Å². The normalized spacial score (nSPS) is 25.2. The molecule has 4 heteroatoms. The van der Waals surface area contributed by atoms with Gasteiger partial charge in [-0.05, 0) is 50.9 Å². The summed E-state index contributed by atoms with van der Waals surface area (Å²) in [7, 11) is 0. The van der Waals surface area contributed by atoms with Crippen LogP contribution in [-0.2, 0) is 4.79 Å². The first-order chi connectivity index (χ1) is 9.06. The molecule has 2 aliphatic heterocycles. The van der Waals surface area contributed by atoms with E-state index < -0.39 is 5.60 Å². The van der Waals surface area contributed by atoms with Crippen molar-refractivity contribution in [3.05, 3.63) is 23.8 Å². The molecule has 0 aliphatic carbocycles. The third-order valence-corrected chi connectivity index (χ3v) is 3.88. The second-order valence-corrected chi connectivity index (χ2v) is 5.82. The van der Waals surface area contributed by atoms with E-state index in [4.69, 9.17) is 4.74 Å². The largest absolute Gasteiger partial charge is 0.476 e. The predicted molar refractivity (Wildman–Crippen MR) is 74.4 cm³/mol. The number of rotatable bonds is 1. The highest BCUT2D eigenvalue weighted by Gasteiger charge is 2.35. The fourth-order valence-corrected chi connectivity index (χ4v) is 2.67. The molecule has 4 nitrogen and oxygen atoms in total. The van der Waals surface area contributed by atoms with E-state index in [1.807, 2.05) is 6.07 Å². The monoisotopic (exact) mass is 260 g/mol. The van der Waals surface area contributed by atoms with Crippen molar-refractivity contribution in [2.45, 2.75) is 44.8 Å². The lowest BCUT2D eigenvalue weighted by Gasteiger charge is -2.32. The molecule has 1 fully saturated rings. The fourth-order valence-electron chi connectivity index (χ4n) is 2.67. The number of fused-ring (bicyclic) bond motifs is 1. The molecule has 19 heavy (non-hydrogen) atoms. The van der Waals surface area contributed by atoms with Gasteiger partial charge in [-0.15, -0.1) is 0 Å². The summed E-state index contributed by atoms with van der Waals surface area (Å²) in [6.45, 7) is 4.65. The third kappa shape index (κ3) is 2.32. The van der Waals surface area contributed by atoms with Crippen LogP contribution >= 0.6 is 0 Å². The molecule has 1 atom stereocenters. The molecule has 3 rings (SSSR count). The zero-order valence-electron chi connectivity index (χ0n) is 11.5. The molecule has 1 unspecified atom stereocenters. The van der Waals surface area contributed by atoms with Crippen molar-refractivity contribution < 1.29 is 9.53 Å². The number of nitrogens with one attached hydrogen (secondary N) is 2. The minimum Gasteiger partial charge on any atom is -0.476 e. The molecular weight excluding hydrogens is 240 g/mol.